The van der Waals surface area contributed by atoms with Crippen LogP contribution in [-0.4, -0.2) is 55.0 Å². The van der Waals surface area contributed by atoms with Crippen LogP contribution in [0.5, 0.6) is 5.88 Å². The summed E-state index contributed by atoms with van der Waals surface area (Å²) >= 11 is 0. The van der Waals surface area contributed by atoms with E-state index in [0.717, 1.165) is 12.8 Å². The van der Waals surface area contributed by atoms with Crippen molar-refractivity contribution in [2.75, 3.05) is 24.6 Å². The molecule has 0 spiro atoms. The topological polar surface area (TPSA) is 106 Å². The van der Waals surface area contributed by atoms with Gasteiger partial charge in [-0.3, -0.25) is 4.79 Å². The highest BCUT2D eigenvalue weighted by Gasteiger charge is 2.62. The number of carbonyl (C=O) groups excluding carboxylic acids is 1. The van der Waals surface area contributed by atoms with Gasteiger partial charge in [0.15, 0.2) is 5.82 Å². The molecule has 42 heavy (non-hydrogen) atoms. The molecule has 1 fully saturated rings. The molecule has 1 aliphatic carbocycles. The summed E-state index contributed by atoms with van der Waals surface area (Å²) in [7, 11) is -4.12. The highest BCUT2D eigenvalue weighted by molar-refractivity contribution is 7.90. The SMILES string of the molecule is CCC[C@H](C)CN(CC)c1nc(-n2ccc(OCCC3(C(F)(F)F)CC3)n2)ccc1C(=O)NS(=O)(=O)c1ccccc1. The molecule has 0 saturated heterocycles. The van der Waals surface area contributed by atoms with Gasteiger partial charge in [0.1, 0.15) is 5.82 Å². The van der Waals surface area contributed by atoms with Crippen molar-refractivity contribution in [3.05, 3.63) is 60.3 Å². The normalized spacial score (nSPS) is 15.2. The fourth-order valence-electron chi connectivity index (χ4n) is 4.83. The Balaban J connectivity index is 1.58. The zero-order valence-electron chi connectivity index (χ0n) is 23.9. The van der Waals surface area contributed by atoms with Crippen LogP contribution in [0.2, 0.25) is 0 Å². The maximum atomic E-state index is 13.3. The van der Waals surface area contributed by atoms with Gasteiger partial charge < -0.3 is 9.64 Å². The van der Waals surface area contributed by atoms with Crippen LogP contribution >= 0.6 is 0 Å². The first-order valence-corrected chi connectivity index (χ1v) is 15.5. The van der Waals surface area contributed by atoms with E-state index in [2.05, 4.69) is 23.7 Å². The number of nitrogens with one attached hydrogen (secondary N) is 1. The largest absolute Gasteiger partial charge is 0.477 e. The van der Waals surface area contributed by atoms with E-state index in [0.29, 0.717) is 18.9 Å². The molecule has 1 aliphatic rings. The van der Waals surface area contributed by atoms with Gasteiger partial charge in [0, 0.05) is 25.4 Å². The van der Waals surface area contributed by atoms with E-state index in [1.54, 1.807) is 24.4 Å². The number of ether oxygens (including phenoxy) is 1. The van der Waals surface area contributed by atoms with Crippen molar-refractivity contribution in [1.82, 2.24) is 19.5 Å². The monoisotopic (exact) mass is 607 g/mol. The lowest BCUT2D eigenvalue weighted by Crippen LogP contribution is -2.35. The van der Waals surface area contributed by atoms with Crippen LogP contribution in [-0.2, 0) is 10.0 Å². The Labute approximate surface area is 244 Å². The van der Waals surface area contributed by atoms with Crippen molar-refractivity contribution < 1.29 is 31.1 Å². The molecule has 1 N–H and O–H groups in total. The molecule has 3 aromatic rings. The Hall–Kier alpha value is -3.61. The number of hydrogen-bond acceptors (Lipinski definition) is 7. The molecule has 228 valence electrons. The fourth-order valence-corrected chi connectivity index (χ4v) is 5.82. The number of hydrogen-bond donors (Lipinski definition) is 1. The summed E-state index contributed by atoms with van der Waals surface area (Å²) in [5.41, 5.74) is -1.58. The molecular weight excluding hydrogens is 571 g/mol. The summed E-state index contributed by atoms with van der Waals surface area (Å²) in [4.78, 5) is 19.9. The number of nitrogens with zero attached hydrogens (tertiary/aromatic N) is 4. The predicted molar refractivity (Wildman–Crippen MR) is 152 cm³/mol. The highest BCUT2D eigenvalue weighted by Crippen LogP contribution is 2.59. The van der Waals surface area contributed by atoms with Crippen molar-refractivity contribution in [1.29, 1.82) is 0 Å². The highest BCUT2D eigenvalue weighted by atomic mass is 32.2. The third-order valence-electron chi connectivity index (χ3n) is 7.47. The van der Waals surface area contributed by atoms with Crippen LogP contribution in [0.25, 0.3) is 5.82 Å². The maximum Gasteiger partial charge on any atom is 0.394 e. The number of sulfonamides is 1. The number of halogens is 3. The molecule has 1 aromatic carbocycles. The lowest BCUT2D eigenvalue weighted by molar-refractivity contribution is -0.190. The van der Waals surface area contributed by atoms with E-state index in [-0.39, 0.29) is 53.9 Å². The number of anilines is 1. The van der Waals surface area contributed by atoms with Crippen LogP contribution in [0.1, 0.15) is 63.2 Å². The maximum absolute atomic E-state index is 13.3. The number of pyridine rings is 1. The number of carbonyl (C=O) groups is 1. The molecule has 1 saturated carbocycles. The first-order valence-electron chi connectivity index (χ1n) is 14.0. The van der Waals surface area contributed by atoms with Gasteiger partial charge in [-0.2, -0.15) is 13.2 Å². The second kappa shape index (κ2) is 12.7. The Morgan fingerprint density at radius 1 is 1.14 bits per heavy atom. The minimum atomic E-state index is -4.25. The van der Waals surface area contributed by atoms with E-state index in [4.69, 9.17) is 9.72 Å². The van der Waals surface area contributed by atoms with Gasteiger partial charge in [-0.25, -0.2) is 22.8 Å². The molecule has 4 rings (SSSR count). The fraction of sp³-hybridized carbons (Fsp3) is 0.483. The zero-order valence-corrected chi connectivity index (χ0v) is 24.7. The summed E-state index contributed by atoms with van der Waals surface area (Å²) < 4.78 is 74.5. The Morgan fingerprint density at radius 3 is 2.48 bits per heavy atom. The first-order chi connectivity index (χ1) is 19.9. The lowest BCUT2D eigenvalue weighted by Gasteiger charge is -2.27. The van der Waals surface area contributed by atoms with Crippen molar-refractivity contribution in [3.8, 4) is 11.7 Å². The van der Waals surface area contributed by atoms with Crippen LogP contribution < -0.4 is 14.4 Å². The van der Waals surface area contributed by atoms with Gasteiger partial charge in [-0.1, -0.05) is 38.5 Å². The molecular formula is C29H36F3N5O4S. The summed E-state index contributed by atoms with van der Waals surface area (Å²) in [6, 6.07) is 12.1. The second-order valence-electron chi connectivity index (χ2n) is 10.7. The number of alkyl halides is 3. The minimum absolute atomic E-state index is 0.0414. The van der Waals surface area contributed by atoms with Gasteiger partial charge >= 0.3 is 6.18 Å². The molecule has 0 aliphatic heterocycles. The molecule has 2 heterocycles. The smallest absolute Gasteiger partial charge is 0.394 e. The second-order valence-corrected chi connectivity index (χ2v) is 12.4. The van der Waals surface area contributed by atoms with Crippen molar-refractivity contribution >= 4 is 21.7 Å². The molecule has 0 unspecified atom stereocenters. The van der Waals surface area contributed by atoms with Gasteiger partial charge in [-0.05, 0) is 62.8 Å². The van der Waals surface area contributed by atoms with E-state index in [1.165, 1.54) is 35.0 Å². The molecule has 1 amide bonds. The summed E-state index contributed by atoms with van der Waals surface area (Å²) in [5, 5.41) is 4.31. The molecule has 13 heteroatoms. The van der Waals surface area contributed by atoms with Gasteiger partial charge in [0.05, 0.1) is 22.5 Å². The molecule has 0 radical (unpaired) electrons. The summed E-state index contributed by atoms with van der Waals surface area (Å²) in [6.45, 7) is 7.07. The Morgan fingerprint density at radius 2 is 1.86 bits per heavy atom. The molecule has 2 aromatic heterocycles. The standard InChI is InChI=1S/C29H36F3N5O4S/c1-4-9-21(3)20-36(5-2)26-23(27(38)35-42(39,40)22-10-7-6-8-11-22)12-13-24(33-26)37-18-14-25(34-37)41-19-17-28(15-16-28)29(30,31)32/h6-8,10-14,18,21H,4-5,9,15-17,19-20H2,1-3H3,(H,35,38)/t21-/m0/s1. The number of rotatable bonds is 14. The Bertz CT molecular complexity index is 1470. The van der Waals surface area contributed by atoms with Crippen molar-refractivity contribution in [2.45, 2.75) is 63.9 Å². The first kappa shape index (κ1) is 31.3. The molecule has 1 atom stereocenters. The number of aromatic nitrogens is 3. The summed E-state index contributed by atoms with van der Waals surface area (Å²) in [6.07, 6.45) is -0.664. The van der Waals surface area contributed by atoms with Gasteiger partial charge in [0.25, 0.3) is 15.9 Å². The van der Waals surface area contributed by atoms with E-state index >= 15 is 0 Å². The third kappa shape index (κ3) is 7.23. The summed E-state index contributed by atoms with van der Waals surface area (Å²) in [5.74, 6) is 0.226. The van der Waals surface area contributed by atoms with Gasteiger partial charge in [-0.15, -0.1) is 5.10 Å². The quantitative estimate of drug-likeness (QED) is 0.248. The van der Waals surface area contributed by atoms with E-state index in [9.17, 15) is 26.4 Å². The average molecular weight is 608 g/mol. The van der Waals surface area contributed by atoms with Crippen molar-refractivity contribution in [2.24, 2.45) is 11.3 Å². The third-order valence-corrected chi connectivity index (χ3v) is 8.81. The average Bonchev–Trinajstić information content (AvgIpc) is 3.61. The van der Waals surface area contributed by atoms with Crippen molar-refractivity contribution in [3.63, 3.8) is 0 Å². The zero-order chi connectivity index (χ0) is 30.5. The number of benzene rings is 1. The van der Waals surface area contributed by atoms with Gasteiger partial charge in [0.2, 0.25) is 5.88 Å². The van der Waals surface area contributed by atoms with Crippen LogP contribution in [0.15, 0.2) is 59.6 Å². The van der Waals surface area contributed by atoms with Crippen LogP contribution in [0.4, 0.5) is 19.0 Å². The van der Waals surface area contributed by atoms with Crippen LogP contribution in [0.3, 0.4) is 0 Å². The van der Waals surface area contributed by atoms with E-state index < -0.39 is 27.5 Å². The minimum Gasteiger partial charge on any atom is -0.477 e. The Kier molecular flexibility index (Phi) is 9.49. The van der Waals surface area contributed by atoms with Crippen LogP contribution in [0, 0.1) is 11.3 Å². The number of amides is 1. The lowest BCUT2D eigenvalue weighted by atomic mass is 10.0. The predicted octanol–water partition coefficient (Wildman–Crippen LogP) is 5.76. The molecule has 9 nitrogen and oxygen atoms in total. The molecule has 0 bridgehead atoms. The van der Waals surface area contributed by atoms with E-state index in [1.807, 2.05) is 11.8 Å².